The van der Waals surface area contributed by atoms with Crippen molar-refractivity contribution in [2.24, 2.45) is 5.92 Å². The average molecular weight is 387 g/mol. The molecule has 0 radical (unpaired) electrons. The third-order valence-corrected chi connectivity index (χ3v) is 6.05. The van der Waals surface area contributed by atoms with E-state index in [1.54, 1.807) is 0 Å². The van der Waals surface area contributed by atoms with E-state index in [0.29, 0.717) is 38.0 Å². The molecule has 1 saturated heterocycles. The lowest BCUT2D eigenvalue weighted by Gasteiger charge is -2.38. The summed E-state index contributed by atoms with van der Waals surface area (Å²) < 4.78 is 6.02. The van der Waals surface area contributed by atoms with Crippen LogP contribution in [0.15, 0.2) is 24.3 Å². The molecule has 3 rings (SSSR count). The van der Waals surface area contributed by atoms with E-state index in [1.165, 1.54) is 19.3 Å². The van der Waals surface area contributed by atoms with Crippen LogP contribution in [0, 0.1) is 5.92 Å². The molecule has 2 aliphatic rings. The number of nitrogens with zero attached hydrogens (tertiary/aromatic N) is 2. The molecule has 0 spiro atoms. The molecule has 1 saturated carbocycles. The Hall–Kier alpha value is -2.04. The third-order valence-electron chi connectivity index (χ3n) is 6.05. The Morgan fingerprint density at radius 3 is 2.18 bits per heavy atom. The van der Waals surface area contributed by atoms with E-state index in [-0.39, 0.29) is 11.8 Å². The van der Waals surface area contributed by atoms with Gasteiger partial charge in [0, 0.05) is 32.1 Å². The molecule has 1 aliphatic carbocycles. The van der Waals surface area contributed by atoms with Crippen LogP contribution in [0.2, 0.25) is 0 Å². The highest BCUT2D eigenvalue weighted by molar-refractivity contribution is 5.82. The van der Waals surface area contributed by atoms with Gasteiger partial charge in [-0.25, -0.2) is 0 Å². The molecule has 5 heteroatoms. The maximum absolute atomic E-state index is 12.9. The van der Waals surface area contributed by atoms with Gasteiger partial charge in [0.1, 0.15) is 5.75 Å². The topological polar surface area (TPSA) is 49.9 Å². The molecule has 0 bridgehead atoms. The minimum atomic E-state index is -0.527. The average Bonchev–Trinajstić information content (AvgIpc) is 2.73. The Bertz CT molecular complexity index is 674. The molecule has 1 aromatic rings. The molecule has 2 amide bonds. The van der Waals surface area contributed by atoms with Gasteiger partial charge in [-0.05, 0) is 37.3 Å². The number of hydrogen-bond acceptors (Lipinski definition) is 3. The van der Waals surface area contributed by atoms with Gasteiger partial charge in [0.15, 0.2) is 6.10 Å². The fraction of sp³-hybridized carbons (Fsp3) is 0.652. The number of benzene rings is 1. The van der Waals surface area contributed by atoms with Crippen LogP contribution in [0.25, 0.3) is 0 Å². The molecule has 1 aromatic carbocycles. The molecule has 1 heterocycles. The van der Waals surface area contributed by atoms with Crippen LogP contribution in [0.4, 0.5) is 0 Å². The minimum Gasteiger partial charge on any atom is -0.481 e. The van der Waals surface area contributed by atoms with Crippen molar-refractivity contribution in [2.75, 3.05) is 26.2 Å². The third kappa shape index (κ3) is 4.86. The first-order valence-corrected chi connectivity index (χ1v) is 10.8. The van der Waals surface area contributed by atoms with Crippen molar-refractivity contribution in [1.82, 2.24) is 9.80 Å². The fourth-order valence-electron chi connectivity index (χ4n) is 4.32. The highest BCUT2D eigenvalue weighted by Gasteiger charge is 2.31. The summed E-state index contributed by atoms with van der Waals surface area (Å²) in [5.41, 5.74) is 1.12. The SMILES string of the molecule is CC(Oc1ccccc1C(C)C)C(=O)N1CCN(C(=O)C2CCCCC2)CC1. The molecule has 2 fully saturated rings. The van der Waals surface area contributed by atoms with Crippen molar-refractivity contribution in [2.45, 2.75) is 64.9 Å². The van der Waals surface area contributed by atoms with Gasteiger partial charge in [-0.2, -0.15) is 0 Å². The Labute approximate surface area is 169 Å². The molecule has 5 nitrogen and oxygen atoms in total. The highest BCUT2D eigenvalue weighted by atomic mass is 16.5. The fourth-order valence-corrected chi connectivity index (χ4v) is 4.32. The zero-order valence-corrected chi connectivity index (χ0v) is 17.5. The summed E-state index contributed by atoms with van der Waals surface area (Å²) in [4.78, 5) is 29.4. The molecular weight excluding hydrogens is 352 g/mol. The summed E-state index contributed by atoms with van der Waals surface area (Å²) in [6.07, 6.45) is 5.11. The maximum atomic E-state index is 12.9. The Kier molecular flexibility index (Phi) is 6.97. The van der Waals surface area contributed by atoms with Gasteiger partial charge in [-0.15, -0.1) is 0 Å². The smallest absolute Gasteiger partial charge is 0.263 e. The largest absolute Gasteiger partial charge is 0.481 e. The summed E-state index contributed by atoms with van der Waals surface area (Å²) in [6, 6.07) is 7.91. The normalized spacial score (nSPS) is 19.6. The summed E-state index contributed by atoms with van der Waals surface area (Å²) >= 11 is 0. The Morgan fingerprint density at radius 1 is 0.929 bits per heavy atom. The molecule has 1 unspecified atom stereocenters. The van der Waals surface area contributed by atoms with Crippen molar-refractivity contribution in [3.05, 3.63) is 29.8 Å². The van der Waals surface area contributed by atoms with Crippen molar-refractivity contribution < 1.29 is 14.3 Å². The van der Waals surface area contributed by atoms with Crippen LogP contribution in [-0.4, -0.2) is 53.9 Å². The molecule has 1 atom stereocenters. The number of piperazine rings is 1. The molecule has 28 heavy (non-hydrogen) atoms. The standard InChI is InChI=1S/C23H34N2O3/c1-17(2)20-11-7-8-12-21(20)28-18(3)22(26)24-13-15-25(16-14-24)23(27)19-9-5-4-6-10-19/h7-8,11-12,17-19H,4-6,9-10,13-16H2,1-3H3. The predicted molar refractivity (Wildman–Crippen MR) is 110 cm³/mol. The van der Waals surface area contributed by atoms with E-state index < -0.39 is 6.10 Å². The van der Waals surface area contributed by atoms with E-state index >= 15 is 0 Å². The Morgan fingerprint density at radius 2 is 1.54 bits per heavy atom. The van der Waals surface area contributed by atoms with Gasteiger partial charge in [0.25, 0.3) is 5.91 Å². The molecule has 0 N–H and O–H groups in total. The second-order valence-corrected chi connectivity index (χ2v) is 8.44. The van der Waals surface area contributed by atoms with Crippen molar-refractivity contribution in [3.8, 4) is 5.75 Å². The zero-order valence-electron chi connectivity index (χ0n) is 17.5. The molecular formula is C23H34N2O3. The number of hydrogen-bond donors (Lipinski definition) is 0. The molecule has 154 valence electrons. The Balaban J connectivity index is 1.52. The van der Waals surface area contributed by atoms with Crippen LogP contribution in [0.1, 0.15) is 64.4 Å². The predicted octanol–water partition coefficient (Wildman–Crippen LogP) is 3.83. The van der Waals surface area contributed by atoms with E-state index in [1.807, 2.05) is 41.0 Å². The van der Waals surface area contributed by atoms with E-state index in [9.17, 15) is 9.59 Å². The first-order chi connectivity index (χ1) is 13.5. The number of carbonyl (C=O) groups excluding carboxylic acids is 2. The van der Waals surface area contributed by atoms with Crippen LogP contribution in [-0.2, 0) is 9.59 Å². The lowest BCUT2D eigenvalue weighted by atomic mass is 9.88. The summed E-state index contributed by atoms with van der Waals surface area (Å²) in [5.74, 6) is 1.62. The van der Waals surface area contributed by atoms with Crippen molar-refractivity contribution in [3.63, 3.8) is 0 Å². The lowest BCUT2D eigenvalue weighted by Crippen LogP contribution is -2.54. The molecule has 1 aliphatic heterocycles. The minimum absolute atomic E-state index is 0.00308. The van der Waals surface area contributed by atoms with Gasteiger partial charge >= 0.3 is 0 Å². The number of ether oxygens (including phenoxy) is 1. The van der Waals surface area contributed by atoms with Gasteiger partial charge in [0.05, 0.1) is 0 Å². The van der Waals surface area contributed by atoms with Crippen LogP contribution in [0.3, 0.4) is 0 Å². The monoisotopic (exact) mass is 386 g/mol. The van der Waals surface area contributed by atoms with Crippen LogP contribution in [0.5, 0.6) is 5.75 Å². The lowest BCUT2D eigenvalue weighted by molar-refractivity contribution is -0.145. The van der Waals surface area contributed by atoms with Gasteiger partial charge in [0.2, 0.25) is 5.91 Å². The molecule has 0 aromatic heterocycles. The van der Waals surface area contributed by atoms with Crippen LogP contribution >= 0.6 is 0 Å². The first kappa shape index (κ1) is 20.7. The second-order valence-electron chi connectivity index (χ2n) is 8.44. The quantitative estimate of drug-likeness (QED) is 0.773. The number of rotatable bonds is 5. The number of carbonyl (C=O) groups is 2. The van der Waals surface area contributed by atoms with E-state index in [0.717, 1.165) is 24.2 Å². The van der Waals surface area contributed by atoms with Crippen molar-refractivity contribution >= 4 is 11.8 Å². The maximum Gasteiger partial charge on any atom is 0.263 e. The zero-order chi connectivity index (χ0) is 20.1. The second kappa shape index (κ2) is 9.44. The van der Waals surface area contributed by atoms with Gasteiger partial charge < -0.3 is 14.5 Å². The number of amides is 2. The summed E-state index contributed by atoms with van der Waals surface area (Å²) in [5, 5.41) is 0. The summed E-state index contributed by atoms with van der Waals surface area (Å²) in [6.45, 7) is 8.52. The summed E-state index contributed by atoms with van der Waals surface area (Å²) in [7, 11) is 0. The number of para-hydroxylation sites is 1. The highest BCUT2D eigenvalue weighted by Crippen LogP contribution is 2.28. The van der Waals surface area contributed by atoms with Gasteiger partial charge in [-0.1, -0.05) is 51.3 Å². The van der Waals surface area contributed by atoms with Crippen LogP contribution < -0.4 is 4.74 Å². The van der Waals surface area contributed by atoms with Gasteiger partial charge in [-0.3, -0.25) is 9.59 Å². The van der Waals surface area contributed by atoms with E-state index in [4.69, 9.17) is 4.74 Å². The van der Waals surface area contributed by atoms with Crippen molar-refractivity contribution in [1.29, 1.82) is 0 Å². The first-order valence-electron chi connectivity index (χ1n) is 10.8. The van der Waals surface area contributed by atoms with E-state index in [2.05, 4.69) is 13.8 Å².